The van der Waals surface area contributed by atoms with Gasteiger partial charge in [0.05, 0.1) is 0 Å². The Morgan fingerprint density at radius 2 is 1.95 bits per heavy atom. The highest BCUT2D eigenvalue weighted by atomic mass is 15.1. The minimum Gasteiger partial charge on any atom is -0.384 e. The zero-order chi connectivity index (χ0) is 15.4. The summed E-state index contributed by atoms with van der Waals surface area (Å²) in [5.74, 6) is 2.01. The summed E-state index contributed by atoms with van der Waals surface area (Å²) in [6.07, 6.45) is 1.83. The molecule has 0 fully saturated rings. The van der Waals surface area contributed by atoms with E-state index in [1.165, 1.54) is 11.3 Å². The highest BCUT2D eigenvalue weighted by Crippen LogP contribution is 2.25. The number of nitrogens with two attached hydrogens (primary N) is 1. The lowest BCUT2D eigenvalue weighted by molar-refractivity contribution is 0.839. The summed E-state index contributed by atoms with van der Waals surface area (Å²) < 4.78 is 0. The van der Waals surface area contributed by atoms with Crippen LogP contribution in [-0.4, -0.2) is 24.1 Å². The van der Waals surface area contributed by atoms with E-state index in [2.05, 4.69) is 46.2 Å². The Morgan fingerprint density at radius 3 is 2.62 bits per heavy atom. The molecule has 0 saturated carbocycles. The van der Waals surface area contributed by atoms with E-state index in [1.54, 1.807) is 6.07 Å². The van der Waals surface area contributed by atoms with Crippen molar-refractivity contribution in [2.24, 2.45) is 0 Å². The van der Waals surface area contributed by atoms with Gasteiger partial charge in [0.15, 0.2) is 0 Å². The molecule has 2 aromatic rings. The Hall–Kier alpha value is -2.30. The molecule has 0 atom stereocenters. The van der Waals surface area contributed by atoms with Gasteiger partial charge >= 0.3 is 0 Å². The SMILES string of the molecule is CCCc1nc(N)cc(Nc2ccc(C)c(N(C)C)c2)n1. The molecule has 1 heterocycles. The summed E-state index contributed by atoms with van der Waals surface area (Å²) >= 11 is 0. The lowest BCUT2D eigenvalue weighted by atomic mass is 10.1. The molecule has 0 aliphatic rings. The molecule has 1 aromatic heterocycles. The number of rotatable bonds is 5. The number of aromatic nitrogens is 2. The van der Waals surface area contributed by atoms with E-state index in [0.29, 0.717) is 5.82 Å². The van der Waals surface area contributed by atoms with Gasteiger partial charge in [-0.3, -0.25) is 0 Å². The third-order valence-corrected chi connectivity index (χ3v) is 3.23. The summed E-state index contributed by atoms with van der Waals surface area (Å²) in [7, 11) is 4.07. The Balaban J connectivity index is 2.27. The van der Waals surface area contributed by atoms with Crippen LogP contribution in [0.15, 0.2) is 24.3 Å². The van der Waals surface area contributed by atoms with Crippen molar-refractivity contribution in [2.75, 3.05) is 30.0 Å². The van der Waals surface area contributed by atoms with Crippen molar-refractivity contribution in [1.29, 1.82) is 0 Å². The minimum absolute atomic E-state index is 0.496. The first-order valence-electron chi connectivity index (χ1n) is 7.18. The molecule has 0 aliphatic heterocycles. The first-order valence-corrected chi connectivity index (χ1v) is 7.18. The number of nitrogens with one attached hydrogen (secondary N) is 1. The molecule has 5 nitrogen and oxygen atoms in total. The van der Waals surface area contributed by atoms with E-state index < -0.39 is 0 Å². The second-order valence-corrected chi connectivity index (χ2v) is 5.36. The monoisotopic (exact) mass is 285 g/mol. The predicted octanol–water partition coefficient (Wildman–Crippen LogP) is 3.13. The molecule has 0 radical (unpaired) electrons. The van der Waals surface area contributed by atoms with E-state index in [9.17, 15) is 0 Å². The van der Waals surface area contributed by atoms with Crippen LogP contribution in [-0.2, 0) is 6.42 Å². The fourth-order valence-corrected chi connectivity index (χ4v) is 2.23. The molecular formula is C16H23N5. The largest absolute Gasteiger partial charge is 0.384 e. The van der Waals surface area contributed by atoms with E-state index in [4.69, 9.17) is 5.73 Å². The van der Waals surface area contributed by atoms with E-state index >= 15 is 0 Å². The molecule has 0 spiro atoms. The normalized spacial score (nSPS) is 10.5. The summed E-state index contributed by atoms with van der Waals surface area (Å²) in [4.78, 5) is 10.8. The molecule has 0 saturated heterocycles. The van der Waals surface area contributed by atoms with E-state index in [0.717, 1.165) is 30.2 Å². The molecule has 0 aliphatic carbocycles. The van der Waals surface area contributed by atoms with Gasteiger partial charge in [0.25, 0.3) is 0 Å². The summed E-state index contributed by atoms with van der Waals surface area (Å²) in [6, 6.07) is 8.00. The van der Waals surface area contributed by atoms with Crippen LogP contribution in [0.5, 0.6) is 0 Å². The number of benzene rings is 1. The third kappa shape index (κ3) is 3.84. The molecule has 3 N–H and O–H groups in total. The van der Waals surface area contributed by atoms with Crippen LogP contribution < -0.4 is 16.0 Å². The Kier molecular flexibility index (Phi) is 4.62. The smallest absolute Gasteiger partial charge is 0.136 e. The zero-order valence-electron chi connectivity index (χ0n) is 13.1. The van der Waals surface area contributed by atoms with Crippen molar-refractivity contribution in [2.45, 2.75) is 26.7 Å². The fraction of sp³-hybridized carbons (Fsp3) is 0.375. The Morgan fingerprint density at radius 1 is 1.19 bits per heavy atom. The minimum atomic E-state index is 0.496. The van der Waals surface area contributed by atoms with Gasteiger partial charge in [-0.25, -0.2) is 9.97 Å². The number of nitrogens with zero attached hydrogens (tertiary/aromatic N) is 3. The maximum Gasteiger partial charge on any atom is 0.136 e. The van der Waals surface area contributed by atoms with Crippen LogP contribution >= 0.6 is 0 Å². The molecular weight excluding hydrogens is 262 g/mol. The molecule has 5 heteroatoms. The first kappa shape index (κ1) is 15.1. The highest BCUT2D eigenvalue weighted by Gasteiger charge is 2.05. The Bertz CT molecular complexity index is 622. The average Bonchev–Trinajstić information content (AvgIpc) is 2.40. The number of hydrogen-bond donors (Lipinski definition) is 2. The van der Waals surface area contributed by atoms with Crippen LogP contribution in [0.3, 0.4) is 0 Å². The third-order valence-electron chi connectivity index (χ3n) is 3.23. The molecule has 2 rings (SSSR count). The van der Waals surface area contributed by atoms with Crippen molar-refractivity contribution in [3.63, 3.8) is 0 Å². The van der Waals surface area contributed by atoms with Crippen molar-refractivity contribution < 1.29 is 0 Å². The zero-order valence-corrected chi connectivity index (χ0v) is 13.1. The number of hydrogen-bond acceptors (Lipinski definition) is 5. The van der Waals surface area contributed by atoms with Crippen LogP contribution in [0.4, 0.5) is 23.0 Å². The van der Waals surface area contributed by atoms with Gasteiger partial charge in [0.1, 0.15) is 17.5 Å². The molecule has 0 amide bonds. The molecule has 0 unspecified atom stereocenters. The second kappa shape index (κ2) is 6.43. The lowest BCUT2D eigenvalue weighted by Gasteiger charge is -2.17. The second-order valence-electron chi connectivity index (χ2n) is 5.36. The average molecular weight is 285 g/mol. The fourth-order valence-electron chi connectivity index (χ4n) is 2.23. The standard InChI is InChI=1S/C16H23N5/c1-5-6-15-19-14(17)10-16(20-15)18-12-8-7-11(2)13(9-12)21(3)4/h7-10H,5-6H2,1-4H3,(H3,17,18,19,20). The summed E-state index contributed by atoms with van der Waals surface area (Å²) in [5.41, 5.74) is 9.25. The van der Waals surface area contributed by atoms with Gasteiger partial charge in [-0.05, 0) is 31.0 Å². The van der Waals surface area contributed by atoms with Crippen LogP contribution in [0, 0.1) is 6.92 Å². The molecule has 21 heavy (non-hydrogen) atoms. The van der Waals surface area contributed by atoms with Crippen LogP contribution in [0.1, 0.15) is 24.7 Å². The summed E-state index contributed by atoms with van der Waals surface area (Å²) in [6.45, 7) is 4.20. The van der Waals surface area contributed by atoms with Crippen molar-refractivity contribution in [3.8, 4) is 0 Å². The maximum atomic E-state index is 5.85. The van der Waals surface area contributed by atoms with Gasteiger partial charge in [0.2, 0.25) is 0 Å². The van der Waals surface area contributed by atoms with Gasteiger partial charge in [-0.2, -0.15) is 0 Å². The molecule has 112 valence electrons. The Labute approximate surface area is 126 Å². The maximum absolute atomic E-state index is 5.85. The lowest BCUT2D eigenvalue weighted by Crippen LogP contribution is -2.10. The topological polar surface area (TPSA) is 67.1 Å². The van der Waals surface area contributed by atoms with Gasteiger partial charge < -0.3 is 16.0 Å². The van der Waals surface area contributed by atoms with E-state index in [1.807, 2.05) is 20.2 Å². The van der Waals surface area contributed by atoms with Crippen molar-refractivity contribution >= 4 is 23.0 Å². The van der Waals surface area contributed by atoms with Gasteiger partial charge in [-0.1, -0.05) is 13.0 Å². The van der Waals surface area contributed by atoms with Crippen LogP contribution in [0.25, 0.3) is 0 Å². The van der Waals surface area contributed by atoms with Gasteiger partial charge in [-0.15, -0.1) is 0 Å². The van der Waals surface area contributed by atoms with Gasteiger partial charge in [0, 0.05) is 38.0 Å². The number of aryl methyl sites for hydroxylation is 2. The molecule has 1 aromatic carbocycles. The van der Waals surface area contributed by atoms with Crippen molar-refractivity contribution in [3.05, 3.63) is 35.7 Å². The first-order chi connectivity index (χ1) is 9.99. The molecule has 0 bridgehead atoms. The summed E-state index contributed by atoms with van der Waals surface area (Å²) in [5, 5.41) is 3.31. The number of anilines is 4. The van der Waals surface area contributed by atoms with Crippen molar-refractivity contribution in [1.82, 2.24) is 9.97 Å². The predicted molar refractivity (Wildman–Crippen MR) is 89.2 cm³/mol. The van der Waals surface area contributed by atoms with Crippen LogP contribution in [0.2, 0.25) is 0 Å². The quantitative estimate of drug-likeness (QED) is 0.883. The highest BCUT2D eigenvalue weighted by molar-refractivity contribution is 5.66. The number of nitrogen functional groups attached to an aromatic ring is 1. The van der Waals surface area contributed by atoms with E-state index in [-0.39, 0.29) is 0 Å².